The van der Waals surface area contributed by atoms with E-state index < -0.39 is 0 Å². The maximum absolute atomic E-state index is 12.3. The van der Waals surface area contributed by atoms with Crippen molar-refractivity contribution >= 4 is 28.4 Å². The summed E-state index contributed by atoms with van der Waals surface area (Å²) in [5, 5.41) is 4.02. The van der Waals surface area contributed by atoms with Crippen LogP contribution in [0.3, 0.4) is 0 Å². The Morgan fingerprint density at radius 1 is 1.08 bits per heavy atom. The molecule has 0 bridgehead atoms. The highest BCUT2D eigenvalue weighted by Gasteiger charge is 2.15. The van der Waals surface area contributed by atoms with E-state index in [0.29, 0.717) is 6.54 Å². The lowest BCUT2D eigenvalue weighted by molar-refractivity contribution is -0.131. The van der Waals surface area contributed by atoms with Crippen LogP contribution in [0.2, 0.25) is 0 Å². The Bertz CT molecular complexity index is 728. The maximum Gasteiger partial charge on any atom is 0.242 e. The lowest BCUT2D eigenvalue weighted by atomic mass is 10.0. The molecule has 5 heteroatoms. The molecule has 0 fully saturated rings. The van der Waals surface area contributed by atoms with Crippen LogP contribution in [0, 0.1) is 5.92 Å². The molecule has 0 spiro atoms. The van der Waals surface area contributed by atoms with Crippen molar-refractivity contribution in [2.75, 3.05) is 18.4 Å². The van der Waals surface area contributed by atoms with Gasteiger partial charge in [0, 0.05) is 41.8 Å². The number of benzene rings is 1. The number of aromatic nitrogens is 1. The lowest BCUT2D eigenvalue weighted by Gasteiger charge is -2.19. The van der Waals surface area contributed by atoms with Gasteiger partial charge in [-0.25, -0.2) is 0 Å². The summed E-state index contributed by atoms with van der Waals surface area (Å²) in [5.74, 6) is 0.237. The van der Waals surface area contributed by atoms with Gasteiger partial charge in [-0.05, 0) is 51.0 Å². The van der Waals surface area contributed by atoms with Crippen LogP contribution in [-0.4, -0.2) is 34.4 Å². The number of carbonyl (C=O) groups is 2. The fraction of sp³-hybridized carbons (Fsp3) is 0.500. The van der Waals surface area contributed by atoms with Gasteiger partial charge in [0.2, 0.25) is 11.8 Å². The van der Waals surface area contributed by atoms with Gasteiger partial charge in [0.15, 0.2) is 0 Å². The van der Waals surface area contributed by atoms with E-state index in [1.807, 2.05) is 67.6 Å². The number of amides is 2. The summed E-state index contributed by atoms with van der Waals surface area (Å²) >= 11 is 0. The van der Waals surface area contributed by atoms with E-state index in [9.17, 15) is 9.59 Å². The first-order chi connectivity index (χ1) is 12.0. The van der Waals surface area contributed by atoms with Crippen LogP contribution >= 0.6 is 0 Å². The van der Waals surface area contributed by atoms with E-state index in [-0.39, 0.29) is 17.7 Å². The van der Waals surface area contributed by atoms with Gasteiger partial charge in [-0.3, -0.25) is 9.59 Å². The van der Waals surface area contributed by atoms with Crippen LogP contribution in [0.4, 0.5) is 5.69 Å². The number of fused-ring (bicyclic) bond motifs is 1. The standard InChI is InChI=1S/C20H29N3O2/c1-5-15(6-2)20(25)21-17-9-10-18-16(13-17)11-12-23(18)14-19(24)22(7-3)8-4/h9-13,15H,5-8,14H2,1-4H3,(H,21,25). The van der Waals surface area contributed by atoms with E-state index in [4.69, 9.17) is 0 Å². The van der Waals surface area contributed by atoms with Crippen LogP contribution in [0.1, 0.15) is 40.5 Å². The molecule has 136 valence electrons. The molecular weight excluding hydrogens is 314 g/mol. The molecule has 0 saturated heterocycles. The van der Waals surface area contributed by atoms with Gasteiger partial charge in [-0.1, -0.05) is 13.8 Å². The number of rotatable bonds is 8. The molecular formula is C20H29N3O2. The molecule has 2 amide bonds. The summed E-state index contributed by atoms with van der Waals surface area (Å²) in [4.78, 5) is 26.4. The lowest BCUT2D eigenvalue weighted by Crippen LogP contribution is -2.33. The molecule has 0 saturated carbocycles. The second kappa shape index (κ2) is 8.70. The largest absolute Gasteiger partial charge is 0.342 e. The molecule has 25 heavy (non-hydrogen) atoms. The highest BCUT2D eigenvalue weighted by molar-refractivity contribution is 5.95. The number of anilines is 1. The minimum atomic E-state index is 0.0481. The molecule has 0 radical (unpaired) electrons. The number of nitrogens with zero attached hydrogens (tertiary/aromatic N) is 2. The monoisotopic (exact) mass is 343 g/mol. The van der Waals surface area contributed by atoms with E-state index >= 15 is 0 Å². The third-order valence-corrected chi connectivity index (χ3v) is 4.82. The van der Waals surface area contributed by atoms with Crippen LogP contribution in [0.15, 0.2) is 30.5 Å². The van der Waals surface area contributed by atoms with Gasteiger partial charge >= 0.3 is 0 Å². The minimum absolute atomic E-state index is 0.0481. The highest BCUT2D eigenvalue weighted by Crippen LogP contribution is 2.22. The van der Waals surface area contributed by atoms with Crippen molar-refractivity contribution in [3.05, 3.63) is 30.5 Å². The Morgan fingerprint density at radius 2 is 1.76 bits per heavy atom. The predicted octanol–water partition coefficient (Wildman–Crippen LogP) is 3.88. The van der Waals surface area contributed by atoms with Crippen LogP contribution < -0.4 is 5.32 Å². The van der Waals surface area contributed by atoms with Crippen molar-refractivity contribution in [1.82, 2.24) is 9.47 Å². The first kappa shape index (κ1) is 19.0. The number of carbonyl (C=O) groups excluding carboxylic acids is 2. The van der Waals surface area contributed by atoms with Crippen LogP contribution in [0.5, 0.6) is 0 Å². The molecule has 5 nitrogen and oxygen atoms in total. The van der Waals surface area contributed by atoms with Gasteiger partial charge < -0.3 is 14.8 Å². The quantitative estimate of drug-likeness (QED) is 0.791. The Hall–Kier alpha value is -2.30. The average molecular weight is 343 g/mol. The van der Waals surface area contributed by atoms with E-state index in [1.165, 1.54) is 0 Å². The topological polar surface area (TPSA) is 54.3 Å². The smallest absolute Gasteiger partial charge is 0.242 e. The molecule has 0 atom stereocenters. The number of hydrogen-bond donors (Lipinski definition) is 1. The second-order valence-electron chi connectivity index (χ2n) is 6.29. The molecule has 1 heterocycles. The third kappa shape index (κ3) is 4.41. The fourth-order valence-electron chi connectivity index (χ4n) is 3.14. The summed E-state index contributed by atoms with van der Waals surface area (Å²) in [6.07, 6.45) is 3.61. The molecule has 1 aromatic heterocycles. The summed E-state index contributed by atoms with van der Waals surface area (Å²) in [7, 11) is 0. The molecule has 0 aliphatic rings. The third-order valence-electron chi connectivity index (χ3n) is 4.82. The Morgan fingerprint density at radius 3 is 2.36 bits per heavy atom. The van der Waals surface area contributed by atoms with Crippen LogP contribution in [0.25, 0.3) is 10.9 Å². The number of nitrogens with one attached hydrogen (secondary N) is 1. The summed E-state index contributed by atoms with van der Waals surface area (Å²) in [5.41, 5.74) is 1.80. The minimum Gasteiger partial charge on any atom is -0.342 e. The Labute approximate surface area is 150 Å². The van der Waals surface area contributed by atoms with Gasteiger partial charge in [-0.2, -0.15) is 0 Å². The van der Waals surface area contributed by atoms with E-state index in [2.05, 4.69) is 5.32 Å². The van der Waals surface area contributed by atoms with Crippen molar-refractivity contribution < 1.29 is 9.59 Å². The first-order valence-corrected chi connectivity index (χ1v) is 9.21. The summed E-state index contributed by atoms with van der Waals surface area (Å²) < 4.78 is 1.96. The second-order valence-corrected chi connectivity index (χ2v) is 6.29. The normalized spacial score (nSPS) is 11.1. The predicted molar refractivity (Wildman–Crippen MR) is 103 cm³/mol. The summed E-state index contributed by atoms with van der Waals surface area (Å²) in [6, 6.07) is 7.82. The van der Waals surface area contributed by atoms with Crippen molar-refractivity contribution in [1.29, 1.82) is 0 Å². The molecule has 1 N–H and O–H groups in total. The average Bonchev–Trinajstić information content (AvgIpc) is 2.99. The summed E-state index contributed by atoms with van der Waals surface area (Å²) in [6.45, 7) is 9.83. The van der Waals surface area contributed by atoms with Crippen LogP contribution in [-0.2, 0) is 16.1 Å². The van der Waals surface area contributed by atoms with Crippen molar-refractivity contribution in [3.8, 4) is 0 Å². The zero-order valence-electron chi connectivity index (χ0n) is 15.7. The fourth-order valence-corrected chi connectivity index (χ4v) is 3.14. The molecule has 0 aliphatic heterocycles. The number of likely N-dealkylation sites (N-methyl/N-ethyl adjacent to an activating group) is 1. The number of hydrogen-bond acceptors (Lipinski definition) is 2. The van der Waals surface area contributed by atoms with Crippen molar-refractivity contribution in [2.24, 2.45) is 5.92 Å². The van der Waals surface area contributed by atoms with Gasteiger partial charge in [0.05, 0.1) is 0 Å². The van der Waals surface area contributed by atoms with Gasteiger partial charge in [0.1, 0.15) is 6.54 Å². The Kier molecular flexibility index (Phi) is 6.62. The van der Waals surface area contributed by atoms with E-state index in [0.717, 1.165) is 42.5 Å². The maximum atomic E-state index is 12.3. The molecule has 0 unspecified atom stereocenters. The molecule has 2 rings (SSSR count). The molecule has 1 aromatic carbocycles. The van der Waals surface area contributed by atoms with E-state index in [1.54, 1.807) is 0 Å². The molecule has 0 aliphatic carbocycles. The van der Waals surface area contributed by atoms with Gasteiger partial charge in [0.25, 0.3) is 0 Å². The molecule has 2 aromatic rings. The zero-order chi connectivity index (χ0) is 18.4. The SMILES string of the molecule is CCC(CC)C(=O)Nc1ccc2c(ccn2CC(=O)N(CC)CC)c1. The van der Waals surface area contributed by atoms with Gasteiger partial charge in [-0.15, -0.1) is 0 Å². The van der Waals surface area contributed by atoms with Crippen molar-refractivity contribution in [3.63, 3.8) is 0 Å². The first-order valence-electron chi connectivity index (χ1n) is 9.21. The highest BCUT2D eigenvalue weighted by atomic mass is 16.2. The Balaban J connectivity index is 2.15. The zero-order valence-corrected chi connectivity index (χ0v) is 15.7. The van der Waals surface area contributed by atoms with Crippen molar-refractivity contribution in [2.45, 2.75) is 47.1 Å².